The van der Waals surface area contributed by atoms with Gasteiger partial charge in [0.2, 0.25) is 0 Å². The lowest BCUT2D eigenvalue weighted by Gasteiger charge is -2.13. The number of ether oxygens (including phenoxy) is 2. The molecule has 0 radical (unpaired) electrons. The number of methoxy groups -OCH3 is 1. The van der Waals surface area contributed by atoms with Crippen molar-refractivity contribution in [2.45, 2.75) is 13.5 Å². The number of pyridine rings is 1. The second-order valence-corrected chi connectivity index (χ2v) is 5.93. The maximum atomic E-state index is 13.8. The van der Waals surface area contributed by atoms with Gasteiger partial charge in [0.1, 0.15) is 24.0 Å². The molecule has 3 aromatic rings. The van der Waals surface area contributed by atoms with Crippen LogP contribution in [0.3, 0.4) is 0 Å². The summed E-state index contributed by atoms with van der Waals surface area (Å²) in [5, 5.41) is 9.34. The summed E-state index contributed by atoms with van der Waals surface area (Å²) in [5.74, 6) is 0.245. The van der Waals surface area contributed by atoms with Gasteiger partial charge in [-0.3, -0.25) is 4.79 Å². The number of nitrogens with one attached hydrogen (secondary N) is 1. The van der Waals surface area contributed by atoms with E-state index in [1.807, 2.05) is 6.07 Å². The zero-order valence-corrected chi connectivity index (χ0v) is 14.9. The molecule has 0 aliphatic rings. The smallest absolute Gasteiger partial charge is 0.266 e. The molecular formula is C21H17FN2O3. The Kier molecular flexibility index (Phi) is 5.23. The number of rotatable bonds is 5. The average Bonchev–Trinajstić information content (AvgIpc) is 2.66. The minimum atomic E-state index is -0.454. The first-order chi connectivity index (χ1) is 13.0. The van der Waals surface area contributed by atoms with E-state index in [0.717, 1.165) is 0 Å². The molecule has 2 aromatic carbocycles. The van der Waals surface area contributed by atoms with Crippen LogP contribution >= 0.6 is 0 Å². The topological polar surface area (TPSA) is 75.1 Å². The molecule has 0 bridgehead atoms. The van der Waals surface area contributed by atoms with Crippen LogP contribution in [0.25, 0.3) is 11.1 Å². The van der Waals surface area contributed by atoms with Crippen molar-refractivity contribution in [3.8, 4) is 28.7 Å². The Hall–Kier alpha value is -3.59. The van der Waals surface area contributed by atoms with E-state index in [-0.39, 0.29) is 17.9 Å². The number of halogens is 1. The van der Waals surface area contributed by atoms with Gasteiger partial charge in [0.15, 0.2) is 11.6 Å². The number of aryl methyl sites for hydroxylation is 1. The van der Waals surface area contributed by atoms with Crippen molar-refractivity contribution in [3.05, 3.63) is 81.5 Å². The molecule has 0 unspecified atom stereocenters. The Bertz CT molecular complexity index is 1080. The maximum Gasteiger partial charge on any atom is 0.266 e. The van der Waals surface area contributed by atoms with Gasteiger partial charge in [-0.2, -0.15) is 5.26 Å². The normalized spacial score (nSPS) is 10.3. The van der Waals surface area contributed by atoms with Gasteiger partial charge in [-0.15, -0.1) is 0 Å². The molecule has 3 rings (SSSR count). The molecule has 0 aliphatic heterocycles. The van der Waals surface area contributed by atoms with Crippen LogP contribution in [-0.2, 0) is 6.61 Å². The summed E-state index contributed by atoms with van der Waals surface area (Å²) in [6.07, 6.45) is 0. The first-order valence-corrected chi connectivity index (χ1v) is 8.22. The number of hydrogen-bond donors (Lipinski definition) is 1. The molecule has 136 valence electrons. The summed E-state index contributed by atoms with van der Waals surface area (Å²) >= 11 is 0. The number of aromatic amines is 1. The molecule has 0 spiro atoms. The monoisotopic (exact) mass is 364 g/mol. The van der Waals surface area contributed by atoms with Crippen LogP contribution in [0.5, 0.6) is 11.5 Å². The second-order valence-electron chi connectivity index (χ2n) is 5.93. The summed E-state index contributed by atoms with van der Waals surface area (Å²) in [6.45, 7) is 1.82. The van der Waals surface area contributed by atoms with Crippen LogP contribution in [-0.4, -0.2) is 12.1 Å². The molecule has 0 amide bonds. The van der Waals surface area contributed by atoms with E-state index in [9.17, 15) is 14.4 Å². The zero-order chi connectivity index (χ0) is 19.4. The van der Waals surface area contributed by atoms with Crippen LogP contribution < -0.4 is 15.0 Å². The molecule has 1 aromatic heterocycles. The van der Waals surface area contributed by atoms with Gasteiger partial charge < -0.3 is 14.5 Å². The van der Waals surface area contributed by atoms with Gasteiger partial charge >= 0.3 is 0 Å². The quantitative estimate of drug-likeness (QED) is 0.744. The summed E-state index contributed by atoms with van der Waals surface area (Å²) in [5.41, 5.74) is 2.11. The maximum absolute atomic E-state index is 13.8. The lowest BCUT2D eigenvalue weighted by atomic mass is 9.99. The Morgan fingerprint density at radius 2 is 1.93 bits per heavy atom. The van der Waals surface area contributed by atoms with Crippen molar-refractivity contribution in [1.29, 1.82) is 5.26 Å². The zero-order valence-electron chi connectivity index (χ0n) is 14.9. The lowest BCUT2D eigenvalue weighted by Crippen LogP contribution is -2.12. The third-order valence-electron chi connectivity index (χ3n) is 4.09. The molecule has 0 saturated carbocycles. The highest BCUT2D eigenvalue weighted by molar-refractivity contribution is 5.71. The molecule has 27 heavy (non-hydrogen) atoms. The van der Waals surface area contributed by atoms with Crippen molar-refractivity contribution in [2.75, 3.05) is 7.11 Å². The Morgan fingerprint density at radius 3 is 2.63 bits per heavy atom. The number of aromatic nitrogens is 1. The highest BCUT2D eigenvalue weighted by atomic mass is 19.1. The summed E-state index contributed by atoms with van der Waals surface area (Å²) < 4.78 is 24.7. The van der Waals surface area contributed by atoms with E-state index in [1.165, 1.54) is 13.2 Å². The van der Waals surface area contributed by atoms with E-state index in [2.05, 4.69) is 4.98 Å². The molecule has 0 saturated heterocycles. The lowest BCUT2D eigenvalue weighted by molar-refractivity contribution is 0.282. The van der Waals surface area contributed by atoms with Gasteiger partial charge in [0.05, 0.1) is 7.11 Å². The molecule has 5 nitrogen and oxygen atoms in total. The number of hydrogen-bond acceptors (Lipinski definition) is 4. The van der Waals surface area contributed by atoms with Crippen molar-refractivity contribution >= 4 is 0 Å². The third kappa shape index (κ3) is 3.82. The second kappa shape index (κ2) is 7.75. The molecule has 0 fully saturated rings. The van der Waals surface area contributed by atoms with E-state index >= 15 is 0 Å². The molecule has 1 N–H and O–H groups in total. The van der Waals surface area contributed by atoms with Gasteiger partial charge in [-0.25, -0.2) is 4.39 Å². The fourth-order valence-corrected chi connectivity index (χ4v) is 2.80. The van der Waals surface area contributed by atoms with E-state index in [1.54, 1.807) is 49.4 Å². The highest BCUT2D eigenvalue weighted by Crippen LogP contribution is 2.29. The predicted molar refractivity (Wildman–Crippen MR) is 99.2 cm³/mol. The third-order valence-corrected chi connectivity index (χ3v) is 4.09. The summed E-state index contributed by atoms with van der Waals surface area (Å²) in [7, 11) is 1.53. The van der Waals surface area contributed by atoms with Crippen molar-refractivity contribution in [3.63, 3.8) is 0 Å². The summed E-state index contributed by atoms with van der Waals surface area (Å²) in [4.78, 5) is 14.7. The van der Waals surface area contributed by atoms with Gasteiger partial charge in [0.25, 0.3) is 5.56 Å². The van der Waals surface area contributed by atoms with Crippen molar-refractivity contribution in [2.24, 2.45) is 0 Å². The Labute approximate surface area is 155 Å². The highest BCUT2D eigenvalue weighted by Gasteiger charge is 2.13. The number of nitriles is 1. The van der Waals surface area contributed by atoms with E-state index < -0.39 is 11.4 Å². The average molecular weight is 364 g/mol. The number of para-hydroxylation sites is 1. The fourth-order valence-electron chi connectivity index (χ4n) is 2.80. The SMILES string of the molecule is COc1ccc(-c2cc(C)[nH]c(=O)c2C#N)cc1COc1ccccc1F. The molecule has 6 heteroatoms. The molecule has 0 atom stereocenters. The summed E-state index contributed by atoms with van der Waals surface area (Å²) in [6, 6.07) is 15.1. The van der Waals surface area contributed by atoms with Crippen LogP contribution in [0.1, 0.15) is 16.8 Å². The van der Waals surface area contributed by atoms with Gasteiger partial charge in [-0.05, 0) is 42.8 Å². The van der Waals surface area contributed by atoms with Gasteiger partial charge in [0, 0.05) is 16.8 Å². The standard InChI is InChI=1S/C21H17FN2O3/c1-13-9-16(17(11-23)21(25)24-13)14-7-8-19(26-2)15(10-14)12-27-20-6-4-3-5-18(20)22/h3-10H,12H2,1-2H3,(H,24,25). The van der Waals surface area contributed by atoms with E-state index in [0.29, 0.717) is 28.1 Å². The number of nitrogens with zero attached hydrogens (tertiary/aromatic N) is 1. The first-order valence-electron chi connectivity index (χ1n) is 8.22. The van der Waals surface area contributed by atoms with Crippen LogP contribution in [0.15, 0.2) is 53.3 Å². The van der Waals surface area contributed by atoms with Crippen LogP contribution in [0, 0.1) is 24.1 Å². The van der Waals surface area contributed by atoms with Crippen molar-refractivity contribution < 1.29 is 13.9 Å². The number of H-pyrrole nitrogens is 1. The minimum Gasteiger partial charge on any atom is -0.496 e. The fraction of sp³-hybridized carbons (Fsp3) is 0.143. The minimum absolute atomic E-state index is 0.0340. The Morgan fingerprint density at radius 1 is 1.15 bits per heavy atom. The largest absolute Gasteiger partial charge is 0.496 e. The predicted octanol–water partition coefficient (Wildman–Crippen LogP) is 3.95. The first kappa shape index (κ1) is 18.2. The van der Waals surface area contributed by atoms with Crippen molar-refractivity contribution in [1.82, 2.24) is 4.98 Å². The Balaban J connectivity index is 2.01. The van der Waals surface area contributed by atoms with Crippen LogP contribution in [0.2, 0.25) is 0 Å². The van der Waals surface area contributed by atoms with E-state index in [4.69, 9.17) is 9.47 Å². The molecule has 0 aliphatic carbocycles. The van der Waals surface area contributed by atoms with Gasteiger partial charge in [-0.1, -0.05) is 18.2 Å². The van der Waals surface area contributed by atoms with Crippen LogP contribution in [0.4, 0.5) is 4.39 Å². The number of benzene rings is 2. The molecule has 1 heterocycles. The molecular weight excluding hydrogens is 347 g/mol.